The van der Waals surface area contributed by atoms with Crippen molar-refractivity contribution in [2.75, 3.05) is 7.05 Å². The van der Waals surface area contributed by atoms with Crippen molar-refractivity contribution < 1.29 is 9.59 Å². The Kier molecular flexibility index (Phi) is 5.37. The molecule has 1 saturated carbocycles. The highest BCUT2D eigenvalue weighted by Gasteiger charge is 2.22. The zero-order valence-electron chi connectivity index (χ0n) is 12.9. The first-order valence-corrected chi connectivity index (χ1v) is 7.68. The van der Waals surface area contributed by atoms with Crippen LogP contribution < -0.4 is 5.32 Å². The Balaban J connectivity index is 1.96. The van der Waals surface area contributed by atoms with E-state index in [1.807, 2.05) is 36.2 Å². The quantitative estimate of drug-likeness (QED) is 0.926. The van der Waals surface area contributed by atoms with Gasteiger partial charge < -0.3 is 10.2 Å². The van der Waals surface area contributed by atoms with Crippen LogP contribution in [0.5, 0.6) is 0 Å². The maximum absolute atomic E-state index is 12.5. The number of nitrogens with zero attached hydrogens (tertiary/aromatic N) is 1. The Labute approximate surface area is 126 Å². The summed E-state index contributed by atoms with van der Waals surface area (Å²) in [4.78, 5) is 25.3. The Morgan fingerprint density at radius 1 is 1.14 bits per heavy atom. The van der Waals surface area contributed by atoms with Crippen LogP contribution in [-0.2, 0) is 11.3 Å². The molecule has 4 heteroatoms. The Bertz CT molecular complexity index is 490. The molecule has 1 aromatic carbocycles. The summed E-state index contributed by atoms with van der Waals surface area (Å²) in [5.74, 6) is 0.0418. The molecule has 0 aliphatic heterocycles. The van der Waals surface area contributed by atoms with Gasteiger partial charge in [0, 0.05) is 32.1 Å². The second-order valence-electron chi connectivity index (χ2n) is 5.81. The number of carbonyl (C=O) groups excluding carboxylic acids is 2. The summed E-state index contributed by atoms with van der Waals surface area (Å²) >= 11 is 0. The van der Waals surface area contributed by atoms with E-state index < -0.39 is 0 Å². The predicted molar refractivity (Wildman–Crippen MR) is 82.9 cm³/mol. The lowest BCUT2D eigenvalue weighted by molar-refractivity contribution is -0.119. The number of hydrogen-bond donors (Lipinski definition) is 1. The van der Waals surface area contributed by atoms with Gasteiger partial charge in [0.25, 0.3) is 5.91 Å². The van der Waals surface area contributed by atoms with Gasteiger partial charge >= 0.3 is 0 Å². The molecule has 114 valence electrons. The lowest BCUT2D eigenvalue weighted by atomic mass is 9.94. The summed E-state index contributed by atoms with van der Waals surface area (Å²) in [5, 5.41) is 2.75. The van der Waals surface area contributed by atoms with Gasteiger partial charge in [0.1, 0.15) is 0 Å². The number of rotatable bonds is 4. The number of carbonyl (C=O) groups is 2. The highest BCUT2D eigenvalue weighted by atomic mass is 16.2. The molecule has 1 fully saturated rings. The highest BCUT2D eigenvalue weighted by Crippen LogP contribution is 2.22. The summed E-state index contributed by atoms with van der Waals surface area (Å²) in [7, 11) is 1.91. The van der Waals surface area contributed by atoms with Gasteiger partial charge in [-0.05, 0) is 30.5 Å². The van der Waals surface area contributed by atoms with E-state index in [1.54, 1.807) is 0 Å². The van der Waals surface area contributed by atoms with Crippen LogP contribution in [0.3, 0.4) is 0 Å². The molecule has 0 unspecified atom stereocenters. The molecule has 0 atom stereocenters. The number of hydrogen-bond acceptors (Lipinski definition) is 2. The summed E-state index contributed by atoms with van der Waals surface area (Å²) in [6.07, 6.45) is 5.96. The van der Waals surface area contributed by atoms with Gasteiger partial charge in [0.15, 0.2) is 0 Å². The van der Waals surface area contributed by atoms with Gasteiger partial charge in [0.05, 0.1) is 0 Å². The minimum absolute atomic E-state index is 0.0489. The molecular formula is C17H24N2O2. The van der Waals surface area contributed by atoms with Crippen molar-refractivity contribution in [1.29, 1.82) is 0 Å². The normalized spacial score (nSPS) is 15.5. The Hall–Kier alpha value is -1.84. The van der Waals surface area contributed by atoms with E-state index in [9.17, 15) is 9.59 Å². The van der Waals surface area contributed by atoms with Crippen molar-refractivity contribution in [2.24, 2.45) is 0 Å². The first-order valence-electron chi connectivity index (χ1n) is 7.68. The molecule has 1 aliphatic rings. The molecule has 4 nitrogen and oxygen atoms in total. The fourth-order valence-corrected chi connectivity index (χ4v) is 2.83. The van der Waals surface area contributed by atoms with E-state index in [1.165, 1.54) is 26.2 Å². The zero-order valence-corrected chi connectivity index (χ0v) is 12.9. The van der Waals surface area contributed by atoms with Crippen LogP contribution in [0.1, 0.15) is 54.9 Å². The van der Waals surface area contributed by atoms with Crippen molar-refractivity contribution in [2.45, 2.75) is 51.6 Å². The Morgan fingerprint density at radius 3 is 2.33 bits per heavy atom. The van der Waals surface area contributed by atoms with Gasteiger partial charge in [-0.1, -0.05) is 31.4 Å². The van der Waals surface area contributed by atoms with E-state index in [2.05, 4.69) is 5.32 Å². The van der Waals surface area contributed by atoms with Gasteiger partial charge in [-0.3, -0.25) is 9.59 Å². The first-order chi connectivity index (χ1) is 10.1. The highest BCUT2D eigenvalue weighted by molar-refractivity contribution is 5.94. The van der Waals surface area contributed by atoms with E-state index >= 15 is 0 Å². The molecule has 0 spiro atoms. The summed E-state index contributed by atoms with van der Waals surface area (Å²) in [5.41, 5.74) is 1.72. The molecule has 0 bridgehead atoms. The van der Waals surface area contributed by atoms with Crippen molar-refractivity contribution in [3.63, 3.8) is 0 Å². The molecule has 1 aromatic rings. The molecule has 21 heavy (non-hydrogen) atoms. The molecule has 1 N–H and O–H groups in total. The van der Waals surface area contributed by atoms with E-state index in [4.69, 9.17) is 0 Å². The summed E-state index contributed by atoms with van der Waals surface area (Å²) in [6, 6.07) is 7.87. The summed E-state index contributed by atoms with van der Waals surface area (Å²) in [6.45, 7) is 2.00. The second-order valence-corrected chi connectivity index (χ2v) is 5.81. The minimum Gasteiger partial charge on any atom is -0.352 e. The predicted octanol–water partition coefficient (Wildman–Crippen LogP) is 2.73. The number of benzene rings is 1. The molecule has 0 heterocycles. The zero-order chi connectivity index (χ0) is 15.2. The molecule has 2 rings (SSSR count). The fourth-order valence-electron chi connectivity index (χ4n) is 2.83. The minimum atomic E-state index is -0.0489. The van der Waals surface area contributed by atoms with Gasteiger partial charge in [-0.2, -0.15) is 0 Å². The van der Waals surface area contributed by atoms with E-state index in [-0.39, 0.29) is 11.8 Å². The maximum Gasteiger partial charge on any atom is 0.253 e. The third kappa shape index (κ3) is 4.31. The average molecular weight is 288 g/mol. The lowest BCUT2D eigenvalue weighted by Gasteiger charge is -2.31. The van der Waals surface area contributed by atoms with Crippen LogP contribution in [0, 0.1) is 0 Å². The van der Waals surface area contributed by atoms with Crippen LogP contribution in [0.4, 0.5) is 0 Å². The van der Waals surface area contributed by atoms with Crippen LogP contribution in [0.2, 0.25) is 0 Å². The molecule has 0 aromatic heterocycles. The van der Waals surface area contributed by atoms with Crippen LogP contribution in [-0.4, -0.2) is 29.8 Å². The smallest absolute Gasteiger partial charge is 0.253 e. The number of amides is 2. The topological polar surface area (TPSA) is 49.4 Å². The molecule has 2 amide bonds. The standard InChI is InChI=1S/C17H24N2O2/c1-13(20)18-12-14-8-10-15(11-9-14)17(21)19(2)16-6-4-3-5-7-16/h8-11,16H,3-7,12H2,1-2H3,(H,18,20). The maximum atomic E-state index is 12.5. The fraction of sp³-hybridized carbons (Fsp3) is 0.529. The van der Waals surface area contributed by atoms with E-state index in [0.717, 1.165) is 24.0 Å². The van der Waals surface area contributed by atoms with Crippen molar-refractivity contribution >= 4 is 11.8 Å². The molecule has 0 saturated heterocycles. The van der Waals surface area contributed by atoms with Crippen molar-refractivity contribution in [1.82, 2.24) is 10.2 Å². The van der Waals surface area contributed by atoms with Crippen molar-refractivity contribution in [3.8, 4) is 0 Å². The first kappa shape index (κ1) is 15.5. The van der Waals surface area contributed by atoms with E-state index in [0.29, 0.717) is 12.6 Å². The molecular weight excluding hydrogens is 264 g/mol. The average Bonchev–Trinajstić information content (AvgIpc) is 2.53. The second kappa shape index (κ2) is 7.25. The van der Waals surface area contributed by atoms with Gasteiger partial charge in [-0.25, -0.2) is 0 Å². The molecule has 1 aliphatic carbocycles. The third-order valence-corrected chi connectivity index (χ3v) is 4.19. The third-order valence-electron chi connectivity index (χ3n) is 4.19. The Morgan fingerprint density at radius 2 is 1.76 bits per heavy atom. The summed E-state index contributed by atoms with van der Waals surface area (Å²) < 4.78 is 0. The van der Waals surface area contributed by atoms with Crippen molar-refractivity contribution in [3.05, 3.63) is 35.4 Å². The van der Waals surface area contributed by atoms with Gasteiger partial charge in [0.2, 0.25) is 5.91 Å². The lowest BCUT2D eigenvalue weighted by Crippen LogP contribution is -2.38. The monoisotopic (exact) mass is 288 g/mol. The number of nitrogens with one attached hydrogen (secondary N) is 1. The van der Waals surface area contributed by atoms with Gasteiger partial charge in [-0.15, -0.1) is 0 Å². The molecule has 0 radical (unpaired) electrons. The van der Waals surface area contributed by atoms with Crippen LogP contribution >= 0.6 is 0 Å². The van der Waals surface area contributed by atoms with Crippen LogP contribution in [0.25, 0.3) is 0 Å². The SMILES string of the molecule is CC(=O)NCc1ccc(C(=O)N(C)C2CCCCC2)cc1. The van der Waals surface area contributed by atoms with Crippen LogP contribution in [0.15, 0.2) is 24.3 Å². The largest absolute Gasteiger partial charge is 0.352 e.